The van der Waals surface area contributed by atoms with E-state index in [1.807, 2.05) is 6.20 Å². The number of H-pyrrole nitrogens is 1. The van der Waals surface area contributed by atoms with Crippen LogP contribution in [0.25, 0.3) is 10.9 Å². The van der Waals surface area contributed by atoms with Gasteiger partial charge in [0, 0.05) is 30.7 Å². The van der Waals surface area contributed by atoms with Crippen LogP contribution in [0.15, 0.2) is 48.7 Å². The Kier molecular flexibility index (Phi) is 2.86. The summed E-state index contributed by atoms with van der Waals surface area (Å²) < 4.78 is 0. The molecular weight excluding hydrogens is 256 g/mol. The summed E-state index contributed by atoms with van der Waals surface area (Å²) in [4.78, 5) is 5.75. The molecule has 0 amide bonds. The van der Waals surface area contributed by atoms with E-state index in [1.54, 1.807) is 0 Å². The molecule has 3 aromatic rings. The van der Waals surface area contributed by atoms with E-state index >= 15 is 0 Å². The largest absolute Gasteiger partial charge is 0.361 e. The number of hydrogen-bond donors (Lipinski definition) is 1. The molecule has 2 nitrogen and oxygen atoms in total. The second kappa shape index (κ2) is 4.74. The van der Waals surface area contributed by atoms with Crippen molar-refractivity contribution in [2.24, 2.45) is 0 Å². The second-order valence-electron chi connectivity index (χ2n) is 6.28. The van der Waals surface area contributed by atoms with Crippen molar-refractivity contribution >= 4 is 10.9 Å². The van der Waals surface area contributed by atoms with E-state index in [9.17, 15) is 0 Å². The first-order valence-electron chi connectivity index (χ1n) is 7.56. The van der Waals surface area contributed by atoms with Crippen molar-refractivity contribution in [1.29, 1.82) is 0 Å². The summed E-state index contributed by atoms with van der Waals surface area (Å²) >= 11 is 0. The molecule has 1 aliphatic heterocycles. The van der Waals surface area contributed by atoms with Crippen LogP contribution in [0, 0.1) is 6.92 Å². The number of aromatic amines is 1. The van der Waals surface area contributed by atoms with Crippen molar-refractivity contribution in [3.8, 4) is 0 Å². The number of benzene rings is 2. The molecule has 1 aromatic heterocycles. The van der Waals surface area contributed by atoms with Crippen LogP contribution >= 0.6 is 0 Å². The molecule has 0 saturated heterocycles. The number of aryl methyl sites for hydroxylation is 1. The number of hydrogen-bond acceptors (Lipinski definition) is 1. The minimum atomic E-state index is 0.465. The highest BCUT2D eigenvalue weighted by Crippen LogP contribution is 2.34. The van der Waals surface area contributed by atoms with Crippen LogP contribution in [0.3, 0.4) is 0 Å². The molecule has 0 fully saturated rings. The smallest absolute Gasteiger partial charge is 0.0456 e. The molecule has 1 N–H and O–H groups in total. The Morgan fingerprint density at radius 1 is 1.10 bits per heavy atom. The molecule has 2 heteroatoms. The van der Waals surface area contributed by atoms with Crippen LogP contribution in [0.2, 0.25) is 0 Å². The van der Waals surface area contributed by atoms with E-state index in [0.717, 1.165) is 13.1 Å². The molecule has 21 heavy (non-hydrogen) atoms. The lowest BCUT2D eigenvalue weighted by Crippen LogP contribution is -2.31. The van der Waals surface area contributed by atoms with Crippen molar-refractivity contribution in [3.05, 3.63) is 70.9 Å². The predicted octanol–water partition coefficient (Wildman–Crippen LogP) is 4.05. The van der Waals surface area contributed by atoms with E-state index < -0.39 is 0 Å². The number of fused-ring (bicyclic) bond motifs is 2. The van der Waals surface area contributed by atoms with Crippen molar-refractivity contribution in [2.45, 2.75) is 19.4 Å². The molecule has 0 radical (unpaired) electrons. The second-order valence-corrected chi connectivity index (χ2v) is 6.28. The standard InChI is InChI=1S/C19H20N2/c1-13-3-6-17-16(9-13)11-21(2)12-18(17)15-5-4-14-7-8-20-19(14)10-15/h3-10,18,20H,11-12H2,1-2H3. The molecule has 0 saturated carbocycles. The summed E-state index contributed by atoms with van der Waals surface area (Å²) in [5, 5.41) is 1.28. The summed E-state index contributed by atoms with van der Waals surface area (Å²) in [6, 6.07) is 15.8. The number of nitrogens with one attached hydrogen (secondary N) is 1. The maximum absolute atomic E-state index is 3.33. The summed E-state index contributed by atoms with van der Waals surface area (Å²) in [6.45, 7) is 4.31. The van der Waals surface area contributed by atoms with Crippen molar-refractivity contribution in [2.75, 3.05) is 13.6 Å². The first-order chi connectivity index (χ1) is 10.2. The zero-order chi connectivity index (χ0) is 14.4. The highest BCUT2D eigenvalue weighted by atomic mass is 15.1. The van der Waals surface area contributed by atoms with Crippen LogP contribution in [-0.2, 0) is 6.54 Å². The monoisotopic (exact) mass is 276 g/mol. The average molecular weight is 276 g/mol. The van der Waals surface area contributed by atoms with Gasteiger partial charge < -0.3 is 9.88 Å². The van der Waals surface area contributed by atoms with Gasteiger partial charge in [-0.1, -0.05) is 35.9 Å². The maximum atomic E-state index is 3.33. The van der Waals surface area contributed by atoms with E-state index in [1.165, 1.54) is 33.2 Å². The van der Waals surface area contributed by atoms with Gasteiger partial charge in [-0.05, 0) is 48.2 Å². The first-order valence-corrected chi connectivity index (χ1v) is 7.56. The molecule has 0 aliphatic carbocycles. The zero-order valence-corrected chi connectivity index (χ0v) is 12.6. The fraction of sp³-hybridized carbons (Fsp3) is 0.263. The van der Waals surface area contributed by atoms with Crippen molar-refractivity contribution in [3.63, 3.8) is 0 Å². The van der Waals surface area contributed by atoms with Gasteiger partial charge in [0.15, 0.2) is 0 Å². The highest BCUT2D eigenvalue weighted by molar-refractivity contribution is 5.80. The van der Waals surface area contributed by atoms with E-state index in [4.69, 9.17) is 0 Å². The Hall–Kier alpha value is -2.06. The minimum absolute atomic E-state index is 0.465. The molecule has 2 heterocycles. The number of nitrogens with zero attached hydrogens (tertiary/aromatic N) is 1. The van der Waals surface area contributed by atoms with Crippen LogP contribution in [0.4, 0.5) is 0 Å². The lowest BCUT2D eigenvalue weighted by molar-refractivity contribution is 0.295. The third-order valence-electron chi connectivity index (χ3n) is 4.59. The fourth-order valence-electron chi connectivity index (χ4n) is 3.54. The molecule has 0 spiro atoms. The van der Waals surface area contributed by atoms with Gasteiger partial charge in [-0.15, -0.1) is 0 Å². The average Bonchev–Trinajstić information content (AvgIpc) is 2.93. The van der Waals surface area contributed by atoms with E-state index in [-0.39, 0.29) is 0 Å². The third-order valence-corrected chi connectivity index (χ3v) is 4.59. The molecular formula is C19H20N2. The fourth-order valence-corrected chi connectivity index (χ4v) is 3.54. The van der Waals surface area contributed by atoms with Gasteiger partial charge in [-0.25, -0.2) is 0 Å². The Bertz CT molecular complexity index is 800. The quantitative estimate of drug-likeness (QED) is 0.710. The number of aromatic nitrogens is 1. The lowest BCUT2D eigenvalue weighted by atomic mass is 9.84. The predicted molar refractivity (Wildman–Crippen MR) is 87.7 cm³/mol. The molecule has 1 atom stereocenters. The van der Waals surface area contributed by atoms with E-state index in [0.29, 0.717) is 5.92 Å². The van der Waals surface area contributed by atoms with Gasteiger partial charge in [0.05, 0.1) is 0 Å². The summed E-state index contributed by atoms with van der Waals surface area (Å²) in [7, 11) is 2.21. The molecule has 4 rings (SSSR count). The Balaban J connectivity index is 1.84. The van der Waals surface area contributed by atoms with Crippen LogP contribution in [0.5, 0.6) is 0 Å². The Morgan fingerprint density at radius 2 is 2.00 bits per heavy atom. The van der Waals surface area contributed by atoms with Gasteiger partial charge in [-0.2, -0.15) is 0 Å². The van der Waals surface area contributed by atoms with Gasteiger partial charge in [0.25, 0.3) is 0 Å². The normalized spacial score (nSPS) is 18.9. The van der Waals surface area contributed by atoms with Crippen LogP contribution in [-0.4, -0.2) is 23.5 Å². The Morgan fingerprint density at radius 3 is 2.90 bits per heavy atom. The van der Waals surface area contributed by atoms with Gasteiger partial charge in [0.1, 0.15) is 0 Å². The topological polar surface area (TPSA) is 19.0 Å². The molecule has 1 unspecified atom stereocenters. The van der Waals surface area contributed by atoms with E-state index in [2.05, 4.69) is 66.3 Å². The lowest BCUT2D eigenvalue weighted by Gasteiger charge is -2.33. The van der Waals surface area contributed by atoms with Crippen LogP contribution < -0.4 is 0 Å². The first kappa shape index (κ1) is 12.7. The SMILES string of the molecule is Cc1ccc2c(c1)CN(C)CC2c1ccc2cc[nH]c2c1. The van der Waals surface area contributed by atoms with Gasteiger partial charge in [-0.3, -0.25) is 0 Å². The van der Waals surface area contributed by atoms with Crippen molar-refractivity contribution in [1.82, 2.24) is 9.88 Å². The Labute approximate surface area is 125 Å². The molecule has 106 valence electrons. The number of rotatable bonds is 1. The van der Waals surface area contributed by atoms with Crippen LogP contribution in [0.1, 0.15) is 28.2 Å². The molecule has 2 aromatic carbocycles. The van der Waals surface area contributed by atoms with Gasteiger partial charge >= 0.3 is 0 Å². The molecule has 0 bridgehead atoms. The zero-order valence-electron chi connectivity index (χ0n) is 12.6. The summed E-state index contributed by atoms with van der Waals surface area (Å²) in [5.74, 6) is 0.465. The third kappa shape index (κ3) is 2.16. The summed E-state index contributed by atoms with van der Waals surface area (Å²) in [6.07, 6.45) is 2.01. The minimum Gasteiger partial charge on any atom is -0.361 e. The summed E-state index contributed by atoms with van der Waals surface area (Å²) in [5.41, 5.74) is 6.95. The number of likely N-dealkylation sites (N-methyl/N-ethyl adjacent to an activating group) is 1. The highest BCUT2D eigenvalue weighted by Gasteiger charge is 2.24. The maximum Gasteiger partial charge on any atom is 0.0456 e. The van der Waals surface area contributed by atoms with Crippen molar-refractivity contribution < 1.29 is 0 Å². The molecule has 1 aliphatic rings. The van der Waals surface area contributed by atoms with Gasteiger partial charge in [0.2, 0.25) is 0 Å².